The molecular weight excluding hydrogens is 514 g/mol. The molecule has 2 aromatic carbocycles. The van der Waals surface area contributed by atoms with Gasteiger partial charge in [0, 0.05) is 44.8 Å². The Kier molecular flexibility index (Phi) is 11.3. The lowest BCUT2D eigenvalue weighted by Crippen LogP contribution is -2.42. The van der Waals surface area contributed by atoms with Gasteiger partial charge in [-0.2, -0.15) is 0 Å². The number of methoxy groups -OCH3 is 1. The van der Waals surface area contributed by atoms with Crippen LogP contribution in [0.3, 0.4) is 0 Å². The van der Waals surface area contributed by atoms with Crippen LogP contribution in [0.25, 0.3) is 0 Å². The number of aliphatic carboxylic acids is 1. The maximum Gasteiger partial charge on any atom is 0.323 e. The molecular formula is C29H39N5O6. The van der Waals surface area contributed by atoms with Gasteiger partial charge in [0.1, 0.15) is 5.75 Å². The number of ether oxygens (including phenoxy) is 1. The molecule has 11 heteroatoms. The number of carbonyl (C=O) groups is 4. The van der Waals surface area contributed by atoms with Crippen molar-refractivity contribution in [2.24, 2.45) is 5.92 Å². The van der Waals surface area contributed by atoms with Crippen LogP contribution in [0.4, 0.5) is 16.2 Å². The predicted octanol–water partition coefficient (Wildman–Crippen LogP) is 2.95. The van der Waals surface area contributed by atoms with E-state index in [4.69, 9.17) is 9.84 Å². The van der Waals surface area contributed by atoms with Crippen molar-refractivity contribution in [3.05, 3.63) is 53.6 Å². The fourth-order valence-corrected chi connectivity index (χ4v) is 4.40. The van der Waals surface area contributed by atoms with Crippen LogP contribution in [0.15, 0.2) is 42.5 Å². The van der Waals surface area contributed by atoms with E-state index in [1.165, 1.54) is 7.11 Å². The first kappa shape index (κ1) is 30.4. The first-order valence-corrected chi connectivity index (χ1v) is 13.5. The summed E-state index contributed by atoms with van der Waals surface area (Å²) in [5.41, 5.74) is 3.10. The lowest BCUT2D eigenvalue weighted by atomic mass is 10.1. The van der Waals surface area contributed by atoms with E-state index in [9.17, 15) is 19.2 Å². The van der Waals surface area contributed by atoms with Gasteiger partial charge in [-0.05, 0) is 49.1 Å². The van der Waals surface area contributed by atoms with Gasteiger partial charge in [-0.25, -0.2) is 4.79 Å². The van der Waals surface area contributed by atoms with E-state index in [2.05, 4.69) is 16.0 Å². The summed E-state index contributed by atoms with van der Waals surface area (Å²) in [5.74, 6) is -1.06. The minimum Gasteiger partial charge on any atom is -0.495 e. The van der Waals surface area contributed by atoms with Crippen molar-refractivity contribution in [1.29, 1.82) is 0 Å². The van der Waals surface area contributed by atoms with Gasteiger partial charge in [0.2, 0.25) is 11.8 Å². The van der Waals surface area contributed by atoms with Crippen molar-refractivity contribution in [1.82, 2.24) is 15.1 Å². The molecule has 0 bridgehead atoms. The Morgan fingerprint density at radius 1 is 0.950 bits per heavy atom. The average molecular weight is 554 g/mol. The second kappa shape index (κ2) is 14.9. The minimum absolute atomic E-state index is 0.0153. The number of para-hydroxylation sites is 1. The molecule has 1 atom stereocenters. The van der Waals surface area contributed by atoms with Crippen molar-refractivity contribution in [3.8, 4) is 5.75 Å². The van der Waals surface area contributed by atoms with Crippen LogP contribution in [0.1, 0.15) is 30.9 Å². The Labute approximate surface area is 234 Å². The largest absolute Gasteiger partial charge is 0.495 e. The number of carbonyl (C=O) groups excluding carboxylic acids is 3. The number of anilines is 2. The fraction of sp³-hybridized carbons (Fsp3) is 0.448. The van der Waals surface area contributed by atoms with Crippen LogP contribution in [0.5, 0.6) is 5.75 Å². The van der Waals surface area contributed by atoms with Crippen LogP contribution in [0, 0.1) is 12.8 Å². The van der Waals surface area contributed by atoms with E-state index < -0.39 is 11.9 Å². The quantitative estimate of drug-likeness (QED) is 0.335. The molecule has 1 fully saturated rings. The Balaban J connectivity index is 1.47. The van der Waals surface area contributed by atoms with Crippen LogP contribution < -0.4 is 20.7 Å². The number of amides is 4. The highest BCUT2D eigenvalue weighted by molar-refractivity contribution is 6.01. The molecule has 3 rings (SSSR count). The summed E-state index contributed by atoms with van der Waals surface area (Å²) >= 11 is 0. The second-order valence-electron chi connectivity index (χ2n) is 9.91. The van der Waals surface area contributed by atoms with Gasteiger partial charge in [-0.3, -0.25) is 14.4 Å². The Bertz CT molecular complexity index is 1200. The normalized spacial score (nSPS) is 14.2. The summed E-state index contributed by atoms with van der Waals surface area (Å²) in [6.07, 6.45) is 1.50. The van der Waals surface area contributed by atoms with Crippen molar-refractivity contribution < 1.29 is 29.0 Å². The monoisotopic (exact) mass is 553 g/mol. The molecule has 4 N–H and O–H groups in total. The summed E-state index contributed by atoms with van der Waals surface area (Å²) in [4.78, 5) is 52.4. The summed E-state index contributed by atoms with van der Waals surface area (Å²) < 4.78 is 5.48. The van der Waals surface area contributed by atoms with Crippen LogP contribution >= 0.6 is 0 Å². The molecule has 0 spiro atoms. The van der Waals surface area contributed by atoms with Gasteiger partial charge >= 0.3 is 12.0 Å². The molecule has 0 aromatic heterocycles. The van der Waals surface area contributed by atoms with Crippen LogP contribution in [0.2, 0.25) is 0 Å². The van der Waals surface area contributed by atoms with Gasteiger partial charge in [0.25, 0.3) is 0 Å². The molecule has 1 aliphatic rings. The number of nitrogens with one attached hydrogen (secondary N) is 3. The van der Waals surface area contributed by atoms with Gasteiger partial charge in [0.05, 0.1) is 25.3 Å². The standard InChI is InChI=1S/C29H39N5O6/c1-20-7-4-5-8-23(20)31-29(39)32-24-11-9-22(17-25(24)40-3)10-12-26(35)33-13-6-14-34(16-15-33)27(36)19-30-18-21(2)28(37)38/h4-5,7-9,11,17,21,30H,6,10,12-16,18-19H2,1-3H3,(H,37,38)(H2,31,32,39). The molecule has 1 saturated heterocycles. The van der Waals surface area contributed by atoms with Gasteiger partial charge in [-0.1, -0.05) is 31.2 Å². The number of hydrogen-bond donors (Lipinski definition) is 4. The molecule has 11 nitrogen and oxygen atoms in total. The van der Waals surface area contributed by atoms with E-state index in [0.29, 0.717) is 56.9 Å². The Morgan fingerprint density at radius 3 is 2.30 bits per heavy atom. The number of nitrogens with zero attached hydrogens (tertiary/aromatic N) is 2. The molecule has 1 unspecified atom stereocenters. The first-order valence-electron chi connectivity index (χ1n) is 13.5. The van der Waals surface area contributed by atoms with Crippen LogP contribution in [-0.4, -0.2) is 85.1 Å². The van der Waals surface area contributed by atoms with Gasteiger partial charge < -0.3 is 35.6 Å². The summed E-state index contributed by atoms with van der Waals surface area (Å²) in [6, 6.07) is 12.6. The third kappa shape index (κ3) is 8.98. The van der Waals surface area contributed by atoms with Crippen LogP contribution in [-0.2, 0) is 20.8 Å². The van der Waals surface area contributed by atoms with Crippen molar-refractivity contribution in [2.75, 3.05) is 57.0 Å². The molecule has 0 saturated carbocycles. The number of carboxylic acid groups (broad SMARTS) is 1. The Hall–Kier alpha value is -4.12. The number of urea groups is 1. The molecule has 40 heavy (non-hydrogen) atoms. The number of benzene rings is 2. The molecule has 216 valence electrons. The summed E-state index contributed by atoms with van der Waals surface area (Å²) in [6.45, 7) is 5.84. The fourth-order valence-electron chi connectivity index (χ4n) is 4.40. The molecule has 0 aliphatic carbocycles. The molecule has 4 amide bonds. The Morgan fingerprint density at radius 2 is 1.62 bits per heavy atom. The first-order chi connectivity index (χ1) is 19.2. The van der Waals surface area contributed by atoms with Gasteiger partial charge in [0.15, 0.2) is 0 Å². The van der Waals surface area contributed by atoms with E-state index in [0.717, 1.165) is 16.8 Å². The van der Waals surface area contributed by atoms with Crippen molar-refractivity contribution >= 4 is 35.2 Å². The second-order valence-corrected chi connectivity index (χ2v) is 9.91. The number of aryl methyl sites for hydroxylation is 2. The van der Waals surface area contributed by atoms with Crippen molar-refractivity contribution in [3.63, 3.8) is 0 Å². The average Bonchev–Trinajstić information content (AvgIpc) is 3.20. The minimum atomic E-state index is -0.906. The maximum absolute atomic E-state index is 12.9. The highest BCUT2D eigenvalue weighted by atomic mass is 16.5. The topological polar surface area (TPSA) is 140 Å². The smallest absolute Gasteiger partial charge is 0.323 e. The van der Waals surface area contributed by atoms with Crippen molar-refractivity contribution in [2.45, 2.75) is 33.1 Å². The highest BCUT2D eigenvalue weighted by Gasteiger charge is 2.22. The third-order valence-electron chi connectivity index (χ3n) is 6.88. The molecule has 1 aliphatic heterocycles. The number of carboxylic acids is 1. The zero-order chi connectivity index (χ0) is 29.1. The molecule has 2 aromatic rings. The van der Waals surface area contributed by atoms with E-state index in [1.54, 1.807) is 22.8 Å². The lowest BCUT2D eigenvalue weighted by Gasteiger charge is -2.22. The zero-order valence-corrected chi connectivity index (χ0v) is 23.4. The summed E-state index contributed by atoms with van der Waals surface area (Å²) in [5, 5.41) is 17.5. The van der Waals surface area contributed by atoms with Gasteiger partial charge in [-0.15, -0.1) is 0 Å². The molecule has 0 radical (unpaired) electrons. The number of rotatable bonds is 11. The van der Waals surface area contributed by atoms with E-state index >= 15 is 0 Å². The number of hydrogen-bond acceptors (Lipinski definition) is 6. The zero-order valence-electron chi connectivity index (χ0n) is 23.4. The predicted molar refractivity (Wildman–Crippen MR) is 153 cm³/mol. The SMILES string of the molecule is COc1cc(CCC(=O)N2CCCN(C(=O)CNCC(C)C(=O)O)CC2)ccc1NC(=O)Nc1ccccc1C. The maximum atomic E-state index is 12.9. The highest BCUT2D eigenvalue weighted by Crippen LogP contribution is 2.27. The molecule has 1 heterocycles. The third-order valence-corrected chi connectivity index (χ3v) is 6.88. The van der Waals surface area contributed by atoms with E-state index in [1.807, 2.05) is 43.3 Å². The van der Waals surface area contributed by atoms with E-state index in [-0.39, 0.29) is 30.9 Å². The lowest BCUT2D eigenvalue weighted by molar-refractivity contribution is -0.141. The summed E-state index contributed by atoms with van der Waals surface area (Å²) in [7, 11) is 1.53.